The van der Waals surface area contributed by atoms with Crippen LogP contribution in [-0.2, 0) is 38.8 Å². The molecule has 226 valence electrons. The van der Waals surface area contributed by atoms with Gasteiger partial charge in [-0.1, -0.05) is 67.1 Å². The molecule has 3 aromatic rings. The van der Waals surface area contributed by atoms with Crippen LogP contribution in [0.25, 0.3) is 0 Å². The monoisotopic (exact) mass is 627 g/mol. The molecule has 13 heteroatoms. The quantitative estimate of drug-likeness (QED) is 0.271. The van der Waals surface area contributed by atoms with E-state index in [2.05, 4.69) is 5.32 Å². The molecule has 0 aliphatic rings. The molecule has 2 amide bonds. The van der Waals surface area contributed by atoms with Crippen LogP contribution in [0.2, 0.25) is 5.02 Å². The standard InChI is InChI=1S/C29H30ClF4N3O4S/c1-3-15-35-28(39)26(16-20-9-5-4-6-10-20)36(18-21-11-7-8-12-24(21)31)27(38)19-37(42(2,40)41)25-17-22(29(32,33)34)13-14-23(25)30/h4-14,17,26H,3,15-16,18-19H2,1-2H3,(H,35,39)/t26-/m0/s1. The third-order valence-corrected chi connectivity index (χ3v) is 7.79. The van der Waals surface area contributed by atoms with Gasteiger partial charge in [-0.05, 0) is 36.2 Å². The Bertz CT molecular complexity index is 1500. The minimum Gasteiger partial charge on any atom is -0.354 e. The number of amides is 2. The van der Waals surface area contributed by atoms with Crippen molar-refractivity contribution < 1.29 is 35.6 Å². The van der Waals surface area contributed by atoms with E-state index in [4.69, 9.17) is 11.6 Å². The molecular weight excluding hydrogens is 598 g/mol. The van der Waals surface area contributed by atoms with Gasteiger partial charge in [0.05, 0.1) is 22.5 Å². The average molecular weight is 628 g/mol. The highest BCUT2D eigenvalue weighted by Gasteiger charge is 2.36. The van der Waals surface area contributed by atoms with E-state index in [0.29, 0.717) is 34.7 Å². The molecule has 0 heterocycles. The lowest BCUT2D eigenvalue weighted by atomic mass is 10.0. The molecule has 1 atom stereocenters. The number of halogens is 5. The highest BCUT2D eigenvalue weighted by molar-refractivity contribution is 7.92. The van der Waals surface area contributed by atoms with Gasteiger partial charge in [-0.2, -0.15) is 13.2 Å². The van der Waals surface area contributed by atoms with Gasteiger partial charge in [-0.3, -0.25) is 13.9 Å². The second-order valence-electron chi connectivity index (χ2n) is 9.54. The summed E-state index contributed by atoms with van der Waals surface area (Å²) in [6, 6.07) is 15.2. The smallest absolute Gasteiger partial charge is 0.354 e. The molecule has 0 saturated carbocycles. The molecule has 0 bridgehead atoms. The minimum absolute atomic E-state index is 0.000228. The molecular formula is C29H30ClF4N3O4S. The van der Waals surface area contributed by atoms with Crippen molar-refractivity contribution >= 4 is 39.1 Å². The van der Waals surface area contributed by atoms with Crippen LogP contribution in [0.1, 0.15) is 30.0 Å². The van der Waals surface area contributed by atoms with E-state index in [1.807, 2.05) is 6.92 Å². The van der Waals surface area contributed by atoms with Crippen molar-refractivity contribution in [3.63, 3.8) is 0 Å². The zero-order valence-corrected chi connectivity index (χ0v) is 24.4. The van der Waals surface area contributed by atoms with Crippen molar-refractivity contribution in [3.8, 4) is 0 Å². The first kappa shape index (κ1) is 32.9. The third kappa shape index (κ3) is 8.68. The molecule has 3 rings (SSSR count). The van der Waals surface area contributed by atoms with Crippen LogP contribution in [0.15, 0.2) is 72.8 Å². The molecule has 0 radical (unpaired) electrons. The Labute approximate surface area is 247 Å². The molecule has 0 aromatic heterocycles. The highest BCUT2D eigenvalue weighted by atomic mass is 35.5. The fourth-order valence-corrected chi connectivity index (χ4v) is 5.33. The Morgan fingerprint density at radius 1 is 1.00 bits per heavy atom. The second-order valence-corrected chi connectivity index (χ2v) is 11.9. The first-order valence-corrected chi connectivity index (χ1v) is 15.1. The first-order valence-electron chi connectivity index (χ1n) is 12.9. The fraction of sp³-hybridized carbons (Fsp3) is 0.310. The fourth-order valence-electron chi connectivity index (χ4n) is 4.20. The number of nitrogens with zero attached hydrogens (tertiary/aromatic N) is 2. The van der Waals surface area contributed by atoms with Gasteiger partial charge in [-0.25, -0.2) is 12.8 Å². The number of hydrogen-bond donors (Lipinski definition) is 1. The summed E-state index contributed by atoms with van der Waals surface area (Å²) in [5.74, 6) is -2.18. The van der Waals surface area contributed by atoms with Crippen LogP contribution in [0.3, 0.4) is 0 Å². The molecule has 0 saturated heterocycles. The average Bonchev–Trinajstić information content (AvgIpc) is 2.93. The van der Waals surface area contributed by atoms with Crippen LogP contribution in [0.5, 0.6) is 0 Å². The van der Waals surface area contributed by atoms with Crippen molar-refractivity contribution in [1.29, 1.82) is 0 Å². The number of alkyl halides is 3. The van der Waals surface area contributed by atoms with E-state index >= 15 is 0 Å². The molecule has 1 N–H and O–H groups in total. The summed E-state index contributed by atoms with van der Waals surface area (Å²) in [4.78, 5) is 28.4. The SMILES string of the molecule is CCCNC(=O)[C@H](Cc1ccccc1)N(Cc1ccccc1F)C(=O)CN(c1cc(C(F)(F)F)ccc1Cl)S(C)(=O)=O. The van der Waals surface area contributed by atoms with Crippen molar-refractivity contribution in [1.82, 2.24) is 10.2 Å². The summed E-state index contributed by atoms with van der Waals surface area (Å²) in [5.41, 5.74) is -1.02. The maximum Gasteiger partial charge on any atom is 0.416 e. The van der Waals surface area contributed by atoms with E-state index in [1.165, 1.54) is 24.3 Å². The number of carbonyl (C=O) groups excluding carboxylic acids is 2. The van der Waals surface area contributed by atoms with Gasteiger partial charge < -0.3 is 10.2 Å². The normalized spacial score (nSPS) is 12.5. The lowest BCUT2D eigenvalue weighted by Crippen LogP contribution is -2.53. The van der Waals surface area contributed by atoms with Crippen molar-refractivity contribution in [2.45, 2.75) is 38.5 Å². The summed E-state index contributed by atoms with van der Waals surface area (Å²) in [7, 11) is -4.37. The zero-order valence-electron chi connectivity index (χ0n) is 22.9. The lowest BCUT2D eigenvalue weighted by molar-refractivity contribution is -0.140. The van der Waals surface area contributed by atoms with Crippen LogP contribution in [0, 0.1) is 5.82 Å². The summed E-state index contributed by atoms with van der Waals surface area (Å²) in [6.45, 7) is 0.690. The maximum atomic E-state index is 14.8. The predicted molar refractivity (Wildman–Crippen MR) is 153 cm³/mol. The Hall–Kier alpha value is -3.64. The number of nitrogens with one attached hydrogen (secondary N) is 1. The number of hydrogen-bond acceptors (Lipinski definition) is 4. The first-order chi connectivity index (χ1) is 19.7. The van der Waals surface area contributed by atoms with Gasteiger partial charge in [0.25, 0.3) is 0 Å². The van der Waals surface area contributed by atoms with E-state index in [9.17, 15) is 35.6 Å². The molecule has 0 fully saturated rings. The van der Waals surface area contributed by atoms with E-state index in [0.717, 1.165) is 11.0 Å². The molecule has 0 aliphatic heterocycles. The van der Waals surface area contributed by atoms with Gasteiger partial charge in [0.2, 0.25) is 21.8 Å². The lowest BCUT2D eigenvalue weighted by Gasteiger charge is -2.33. The van der Waals surface area contributed by atoms with E-state index < -0.39 is 64.2 Å². The van der Waals surface area contributed by atoms with E-state index in [-0.39, 0.29) is 23.6 Å². The van der Waals surface area contributed by atoms with E-state index in [1.54, 1.807) is 30.3 Å². The van der Waals surface area contributed by atoms with Gasteiger partial charge in [-0.15, -0.1) is 0 Å². The van der Waals surface area contributed by atoms with Crippen LogP contribution < -0.4 is 9.62 Å². The van der Waals surface area contributed by atoms with Crippen LogP contribution >= 0.6 is 11.6 Å². The zero-order chi connectivity index (χ0) is 31.1. The molecule has 0 aliphatic carbocycles. The number of rotatable bonds is 12. The second kappa shape index (κ2) is 14.0. The van der Waals surface area contributed by atoms with Crippen LogP contribution in [0.4, 0.5) is 23.2 Å². The molecule has 0 unspecified atom stereocenters. The minimum atomic E-state index is -4.82. The van der Waals surface area contributed by atoms with Gasteiger partial charge in [0, 0.05) is 25.1 Å². The summed E-state index contributed by atoms with van der Waals surface area (Å²) >= 11 is 6.13. The van der Waals surface area contributed by atoms with Crippen molar-refractivity contribution in [2.24, 2.45) is 0 Å². The largest absolute Gasteiger partial charge is 0.416 e. The Morgan fingerprint density at radius 3 is 2.24 bits per heavy atom. The van der Waals surface area contributed by atoms with Gasteiger partial charge >= 0.3 is 6.18 Å². The summed E-state index contributed by atoms with van der Waals surface area (Å²) < 4.78 is 81.3. The topological polar surface area (TPSA) is 86.8 Å². The summed E-state index contributed by atoms with van der Waals surface area (Å²) in [5, 5.41) is 2.39. The molecule has 3 aromatic carbocycles. The van der Waals surface area contributed by atoms with Gasteiger partial charge in [0.15, 0.2) is 0 Å². The van der Waals surface area contributed by atoms with Crippen molar-refractivity contribution in [2.75, 3.05) is 23.7 Å². The van der Waals surface area contributed by atoms with Crippen LogP contribution in [-0.4, -0.2) is 50.5 Å². The number of anilines is 1. The molecule has 0 spiro atoms. The molecule has 7 nitrogen and oxygen atoms in total. The Morgan fingerprint density at radius 2 is 1.64 bits per heavy atom. The Kier molecular flexibility index (Phi) is 11.0. The predicted octanol–water partition coefficient (Wildman–Crippen LogP) is 5.43. The van der Waals surface area contributed by atoms with Gasteiger partial charge in [0.1, 0.15) is 18.4 Å². The molecule has 42 heavy (non-hydrogen) atoms. The summed E-state index contributed by atoms with van der Waals surface area (Å²) in [6.07, 6.45) is -3.52. The highest BCUT2D eigenvalue weighted by Crippen LogP contribution is 2.36. The number of carbonyl (C=O) groups is 2. The third-order valence-electron chi connectivity index (χ3n) is 6.34. The number of sulfonamides is 1. The Balaban J connectivity index is 2.11. The number of benzene rings is 3. The maximum absolute atomic E-state index is 14.8. The van der Waals surface area contributed by atoms with Crippen molar-refractivity contribution in [3.05, 3.63) is 100 Å².